The van der Waals surface area contributed by atoms with Gasteiger partial charge in [-0.05, 0) is 36.3 Å². The fourth-order valence-electron chi connectivity index (χ4n) is 3.82. The Kier molecular flexibility index (Phi) is 6.95. The van der Waals surface area contributed by atoms with Gasteiger partial charge in [0.2, 0.25) is 0 Å². The van der Waals surface area contributed by atoms with Crippen molar-refractivity contribution in [1.82, 2.24) is 15.2 Å². The highest BCUT2D eigenvalue weighted by Gasteiger charge is 2.23. The Morgan fingerprint density at radius 2 is 1.96 bits per heavy atom. The number of hydrogen-bond donors (Lipinski definition) is 2. The summed E-state index contributed by atoms with van der Waals surface area (Å²) in [4.78, 5) is 10.2. The lowest BCUT2D eigenvalue weighted by Crippen LogP contribution is -2.48. The third-order valence-corrected chi connectivity index (χ3v) is 4.73. The summed E-state index contributed by atoms with van der Waals surface area (Å²) in [6.07, 6.45) is 4.45. The number of piperidine rings is 1. The molecule has 5 heteroatoms. The van der Waals surface area contributed by atoms with Crippen LogP contribution in [0.15, 0.2) is 35.5 Å². The second kappa shape index (κ2) is 8.74. The van der Waals surface area contributed by atoms with Gasteiger partial charge in [-0.15, -0.1) is 24.0 Å². The molecule has 2 aromatic rings. The van der Waals surface area contributed by atoms with Crippen molar-refractivity contribution >= 4 is 40.8 Å². The van der Waals surface area contributed by atoms with Crippen LogP contribution in [0.25, 0.3) is 10.9 Å². The lowest BCUT2D eigenvalue weighted by atomic mass is 9.92. The van der Waals surface area contributed by atoms with Crippen LogP contribution in [-0.4, -0.2) is 42.5 Å². The van der Waals surface area contributed by atoms with E-state index in [4.69, 9.17) is 0 Å². The summed E-state index contributed by atoms with van der Waals surface area (Å²) in [7, 11) is 1.89. The third kappa shape index (κ3) is 4.43. The number of aliphatic imine (C=N–C) groups is 1. The molecule has 0 amide bonds. The zero-order valence-electron chi connectivity index (χ0n) is 14.9. The van der Waals surface area contributed by atoms with E-state index >= 15 is 0 Å². The van der Waals surface area contributed by atoms with E-state index in [1.165, 1.54) is 22.9 Å². The lowest BCUT2D eigenvalue weighted by molar-refractivity contribution is 0.208. The number of halogens is 1. The molecule has 2 N–H and O–H groups in total. The highest BCUT2D eigenvalue weighted by Crippen LogP contribution is 2.21. The molecule has 0 saturated carbocycles. The van der Waals surface area contributed by atoms with Gasteiger partial charge in [-0.25, -0.2) is 0 Å². The van der Waals surface area contributed by atoms with Crippen LogP contribution in [0.5, 0.6) is 0 Å². The number of aromatic amines is 1. The van der Waals surface area contributed by atoms with Crippen LogP contribution in [0.3, 0.4) is 0 Å². The normalized spacial score (nSPS) is 21.6. The van der Waals surface area contributed by atoms with Crippen LogP contribution in [0.2, 0.25) is 0 Å². The van der Waals surface area contributed by atoms with E-state index in [9.17, 15) is 0 Å². The largest absolute Gasteiger partial charge is 0.361 e. The van der Waals surface area contributed by atoms with Gasteiger partial charge >= 0.3 is 0 Å². The Labute approximate surface area is 162 Å². The molecule has 1 fully saturated rings. The minimum absolute atomic E-state index is 0. The summed E-state index contributed by atoms with van der Waals surface area (Å²) in [6, 6.07) is 8.48. The van der Waals surface area contributed by atoms with Crippen molar-refractivity contribution in [3.63, 3.8) is 0 Å². The van der Waals surface area contributed by atoms with Crippen molar-refractivity contribution in [2.45, 2.75) is 26.7 Å². The van der Waals surface area contributed by atoms with Gasteiger partial charge in [0, 0.05) is 43.8 Å². The van der Waals surface area contributed by atoms with Gasteiger partial charge in [0.05, 0.1) is 0 Å². The van der Waals surface area contributed by atoms with E-state index in [-0.39, 0.29) is 24.0 Å². The summed E-state index contributed by atoms with van der Waals surface area (Å²) >= 11 is 0. The van der Waals surface area contributed by atoms with Crippen LogP contribution in [-0.2, 0) is 6.42 Å². The molecule has 0 radical (unpaired) electrons. The number of fused-ring (bicyclic) bond motifs is 1. The standard InChI is InChI=1S/C19H28N4.HI/c1-14-10-15(2)13-23(12-14)19(20-3)21-9-8-16-11-22-18-7-5-4-6-17(16)18;/h4-7,11,14-15,22H,8-10,12-13H2,1-3H3,(H,20,21);1H. The van der Waals surface area contributed by atoms with Crippen molar-refractivity contribution in [3.8, 4) is 0 Å². The zero-order valence-corrected chi connectivity index (χ0v) is 17.2. The molecule has 3 rings (SSSR count). The van der Waals surface area contributed by atoms with Gasteiger partial charge in [0.25, 0.3) is 0 Å². The second-order valence-electron chi connectivity index (χ2n) is 6.93. The highest BCUT2D eigenvalue weighted by molar-refractivity contribution is 14.0. The predicted molar refractivity (Wildman–Crippen MR) is 113 cm³/mol. The average Bonchev–Trinajstić information content (AvgIpc) is 2.94. The Bertz CT molecular complexity index is 669. The monoisotopic (exact) mass is 440 g/mol. The molecule has 2 unspecified atom stereocenters. The topological polar surface area (TPSA) is 43.4 Å². The maximum Gasteiger partial charge on any atom is 0.193 e. The van der Waals surface area contributed by atoms with Crippen LogP contribution in [0.1, 0.15) is 25.8 Å². The van der Waals surface area contributed by atoms with Crippen LogP contribution in [0, 0.1) is 11.8 Å². The molecule has 0 spiro atoms. The molecule has 4 nitrogen and oxygen atoms in total. The van der Waals surface area contributed by atoms with Crippen LogP contribution >= 0.6 is 24.0 Å². The number of para-hydroxylation sites is 1. The number of benzene rings is 1. The van der Waals surface area contributed by atoms with Crippen molar-refractivity contribution in [2.24, 2.45) is 16.8 Å². The van der Waals surface area contributed by atoms with Gasteiger partial charge in [0.15, 0.2) is 5.96 Å². The number of hydrogen-bond acceptors (Lipinski definition) is 1. The number of rotatable bonds is 3. The summed E-state index contributed by atoms with van der Waals surface area (Å²) in [5.74, 6) is 2.53. The Morgan fingerprint density at radius 1 is 1.25 bits per heavy atom. The minimum atomic E-state index is 0. The molecule has 2 atom stereocenters. The molecule has 1 saturated heterocycles. The Hall–Kier alpha value is -1.24. The highest BCUT2D eigenvalue weighted by atomic mass is 127. The van der Waals surface area contributed by atoms with E-state index in [1.807, 2.05) is 7.05 Å². The zero-order chi connectivity index (χ0) is 16.2. The van der Waals surface area contributed by atoms with E-state index < -0.39 is 0 Å². The molecule has 24 heavy (non-hydrogen) atoms. The Morgan fingerprint density at radius 3 is 2.67 bits per heavy atom. The number of H-pyrrole nitrogens is 1. The lowest BCUT2D eigenvalue weighted by Gasteiger charge is -2.37. The van der Waals surface area contributed by atoms with E-state index in [1.54, 1.807) is 0 Å². The van der Waals surface area contributed by atoms with E-state index in [0.717, 1.165) is 43.9 Å². The van der Waals surface area contributed by atoms with Crippen molar-refractivity contribution in [3.05, 3.63) is 36.0 Å². The fraction of sp³-hybridized carbons (Fsp3) is 0.526. The van der Waals surface area contributed by atoms with Gasteiger partial charge in [-0.1, -0.05) is 32.0 Å². The van der Waals surface area contributed by atoms with Crippen molar-refractivity contribution in [1.29, 1.82) is 0 Å². The fourth-order valence-corrected chi connectivity index (χ4v) is 3.82. The van der Waals surface area contributed by atoms with E-state index in [0.29, 0.717) is 0 Å². The van der Waals surface area contributed by atoms with Crippen molar-refractivity contribution < 1.29 is 0 Å². The van der Waals surface area contributed by atoms with Gasteiger partial charge in [-0.2, -0.15) is 0 Å². The predicted octanol–water partition coefficient (Wildman–Crippen LogP) is 3.88. The van der Waals surface area contributed by atoms with Gasteiger partial charge in [0.1, 0.15) is 0 Å². The summed E-state index contributed by atoms with van der Waals surface area (Å²) < 4.78 is 0. The summed E-state index contributed by atoms with van der Waals surface area (Å²) in [5.41, 5.74) is 2.58. The third-order valence-electron chi connectivity index (χ3n) is 4.73. The molecular weight excluding hydrogens is 411 g/mol. The molecule has 1 aliphatic rings. The number of nitrogens with zero attached hydrogens (tertiary/aromatic N) is 2. The first-order chi connectivity index (χ1) is 11.2. The molecule has 0 aliphatic carbocycles. The molecule has 132 valence electrons. The minimum Gasteiger partial charge on any atom is -0.361 e. The Balaban J connectivity index is 0.00000208. The molecule has 2 heterocycles. The number of guanidine groups is 1. The number of nitrogens with one attached hydrogen (secondary N) is 2. The molecule has 0 bridgehead atoms. The van der Waals surface area contributed by atoms with Crippen LogP contribution < -0.4 is 5.32 Å². The first-order valence-electron chi connectivity index (χ1n) is 8.68. The second-order valence-corrected chi connectivity index (χ2v) is 6.93. The average molecular weight is 440 g/mol. The smallest absolute Gasteiger partial charge is 0.193 e. The number of likely N-dealkylation sites (tertiary alicyclic amines) is 1. The molecule has 1 aliphatic heterocycles. The first-order valence-corrected chi connectivity index (χ1v) is 8.68. The van der Waals surface area contributed by atoms with Gasteiger partial charge < -0.3 is 15.2 Å². The number of aromatic nitrogens is 1. The first kappa shape index (κ1) is 19.1. The maximum atomic E-state index is 4.49. The SMILES string of the molecule is CN=C(NCCc1c[nH]c2ccccc12)N1CC(C)CC(C)C1.I. The van der Waals surface area contributed by atoms with Crippen LogP contribution in [0.4, 0.5) is 0 Å². The molecule has 1 aromatic carbocycles. The van der Waals surface area contributed by atoms with Gasteiger partial charge in [-0.3, -0.25) is 4.99 Å². The summed E-state index contributed by atoms with van der Waals surface area (Å²) in [5, 5.41) is 4.87. The maximum absolute atomic E-state index is 4.49. The van der Waals surface area contributed by atoms with Crippen molar-refractivity contribution in [2.75, 3.05) is 26.7 Å². The molecular formula is C19H29IN4. The summed E-state index contributed by atoms with van der Waals surface area (Å²) in [6.45, 7) is 7.80. The quantitative estimate of drug-likeness (QED) is 0.432. The van der Waals surface area contributed by atoms with E-state index in [2.05, 4.69) is 64.5 Å². The molecule has 1 aromatic heterocycles.